The molecule has 1 unspecified atom stereocenters. The van der Waals surface area contributed by atoms with Gasteiger partial charge in [0.1, 0.15) is 18.3 Å². The molecule has 0 spiro atoms. The number of nitrogens with zero attached hydrogens (tertiary/aromatic N) is 7. The fourth-order valence-corrected chi connectivity index (χ4v) is 3.93. The maximum atomic E-state index is 13.2. The zero-order chi connectivity index (χ0) is 28.4. The standard InChI is InChI=1S/C21H27F3N8O6/c1-5-38-20(35)29-8-6-28(7-9-29)19(34)14(4)30-10-15(12(2)26-30)25-16(33)11-31-13(3)17(32(36)37)18(27-31)21(22,23)24/h10,14H,5-9,11H2,1-4H3,(H,25,33). The third kappa shape index (κ3) is 6.03. The van der Waals surface area contributed by atoms with E-state index < -0.39 is 52.8 Å². The Labute approximate surface area is 214 Å². The average molecular weight is 544 g/mol. The van der Waals surface area contributed by atoms with Crippen molar-refractivity contribution in [3.8, 4) is 0 Å². The van der Waals surface area contributed by atoms with E-state index in [0.29, 0.717) is 36.6 Å². The summed E-state index contributed by atoms with van der Waals surface area (Å²) in [6.07, 6.45) is -4.10. The molecule has 0 aromatic carbocycles. The molecule has 3 rings (SSSR count). The van der Waals surface area contributed by atoms with Crippen LogP contribution in [-0.4, -0.2) is 85.0 Å². The molecule has 1 aliphatic heterocycles. The first kappa shape index (κ1) is 28.4. The first-order chi connectivity index (χ1) is 17.7. The van der Waals surface area contributed by atoms with Gasteiger partial charge >= 0.3 is 18.0 Å². The molecule has 0 aliphatic carbocycles. The molecule has 208 valence electrons. The molecule has 3 heterocycles. The number of rotatable bonds is 7. The molecule has 38 heavy (non-hydrogen) atoms. The van der Waals surface area contributed by atoms with E-state index in [0.717, 1.165) is 6.92 Å². The Bertz CT molecular complexity index is 1230. The zero-order valence-electron chi connectivity index (χ0n) is 21.1. The summed E-state index contributed by atoms with van der Waals surface area (Å²) in [5.41, 5.74) is -2.79. The Hall–Kier alpha value is -4.18. The van der Waals surface area contributed by atoms with E-state index in [1.54, 1.807) is 25.7 Å². The third-order valence-corrected chi connectivity index (χ3v) is 5.98. The smallest absolute Gasteiger partial charge is 0.442 e. The molecule has 1 saturated heterocycles. The summed E-state index contributed by atoms with van der Waals surface area (Å²) < 4.78 is 46.4. The second-order valence-corrected chi connectivity index (χ2v) is 8.54. The number of nitrogens with one attached hydrogen (secondary N) is 1. The Morgan fingerprint density at radius 2 is 1.76 bits per heavy atom. The van der Waals surface area contributed by atoms with Crippen LogP contribution in [0.3, 0.4) is 0 Å². The minimum absolute atomic E-state index is 0.206. The topological polar surface area (TPSA) is 158 Å². The normalized spacial score (nSPS) is 14.8. The second-order valence-electron chi connectivity index (χ2n) is 8.54. The van der Waals surface area contributed by atoms with E-state index >= 15 is 0 Å². The summed E-state index contributed by atoms with van der Waals surface area (Å²) >= 11 is 0. The van der Waals surface area contributed by atoms with Crippen molar-refractivity contribution in [2.24, 2.45) is 0 Å². The van der Waals surface area contributed by atoms with Crippen molar-refractivity contribution in [1.29, 1.82) is 0 Å². The molecule has 1 fully saturated rings. The average Bonchev–Trinajstić information content (AvgIpc) is 3.37. The van der Waals surface area contributed by atoms with Gasteiger partial charge in [0, 0.05) is 32.4 Å². The van der Waals surface area contributed by atoms with Crippen LogP contribution in [-0.2, 0) is 27.0 Å². The molecule has 0 radical (unpaired) electrons. The molecule has 14 nitrogen and oxygen atoms in total. The third-order valence-electron chi connectivity index (χ3n) is 5.98. The van der Waals surface area contributed by atoms with Crippen molar-refractivity contribution in [2.45, 2.75) is 46.5 Å². The molecule has 17 heteroatoms. The first-order valence-electron chi connectivity index (χ1n) is 11.6. The fraction of sp³-hybridized carbons (Fsp3) is 0.571. The van der Waals surface area contributed by atoms with E-state index in [2.05, 4.69) is 15.5 Å². The van der Waals surface area contributed by atoms with Gasteiger partial charge in [0.2, 0.25) is 17.5 Å². The van der Waals surface area contributed by atoms with Crippen molar-refractivity contribution in [3.05, 3.63) is 33.4 Å². The van der Waals surface area contributed by atoms with Gasteiger partial charge in [0.25, 0.3) is 0 Å². The maximum Gasteiger partial charge on any atom is 0.442 e. The number of hydrogen-bond acceptors (Lipinski definition) is 8. The van der Waals surface area contributed by atoms with Crippen molar-refractivity contribution in [2.75, 3.05) is 38.1 Å². The van der Waals surface area contributed by atoms with Gasteiger partial charge < -0.3 is 19.9 Å². The summed E-state index contributed by atoms with van der Waals surface area (Å²) in [6, 6.07) is -0.751. The zero-order valence-corrected chi connectivity index (χ0v) is 21.1. The van der Waals surface area contributed by atoms with E-state index in [4.69, 9.17) is 4.74 Å². The summed E-state index contributed by atoms with van der Waals surface area (Å²) in [4.78, 5) is 50.4. The minimum Gasteiger partial charge on any atom is -0.450 e. The second kappa shape index (κ2) is 11.1. The lowest BCUT2D eigenvalue weighted by molar-refractivity contribution is -0.388. The first-order valence-corrected chi connectivity index (χ1v) is 11.6. The van der Waals surface area contributed by atoms with Gasteiger partial charge in [0.05, 0.1) is 22.9 Å². The van der Waals surface area contributed by atoms with E-state index in [9.17, 15) is 37.7 Å². The number of ether oxygens (including phenoxy) is 1. The van der Waals surface area contributed by atoms with Crippen molar-refractivity contribution in [1.82, 2.24) is 29.4 Å². The van der Waals surface area contributed by atoms with E-state index in [-0.39, 0.29) is 18.2 Å². The quantitative estimate of drug-likeness (QED) is 0.410. The Morgan fingerprint density at radius 3 is 2.29 bits per heavy atom. The number of piperazine rings is 1. The van der Waals surface area contributed by atoms with Gasteiger partial charge in [-0.05, 0) is 27.7 Å². The van der Waals surface area contributed by atoms with Gasteiger partial charge in [-0.3, -0.25) is 29.1 Å². The van der Waals surface area contributed by atoms with Gasteiger partial charge in [-0.1, -0.05) is 0 Å². The SMILES string of the molecule is CCOC(=O)N1CCN(C(=O)C(C)n2cc(NC(=O)Cn3nc(C(F)(F)F)c([N+](=O)[O-])c3C)c(C)n2)CC1. The highest BCUT2D eigenvalue weighted by molar-refractivity contribution is 5.91. The monoisotopic (exact) mass is 544 g/mol. The highest BCUT2D eigenvalue weighted by atomic mass is 19.4. The number of carbonyl (C=O) groups excluding carboxylic acids is 3. The highest BCUT2D eigenvalue weighted by Crippen LogP contribution is 2.37. The predicted molar refractivity (Wildman–Crippen MR) is 124 cm³/mol. The molecule has 1 N–H and O–H groups in total. The van der Waals surface area contributed by atoms with Crippen LogP contribution >= 0.6 is 0 Å². The van der Waals surface area contributed by atoms with Gasteiger partial charge in [0.15, 0.2) is 0 Å². The maximum absolute atomic E-state index is 13.2. The predicted octanol–water partition coefficient (Wildman–Crippen LogP) is 2.12. The lowest BCUT2D eigenvalue weighted by Crippen LogP contribution is -2.52. The molecule has 0 bridgehead atoms. The van der Waals surface area contributed by atoms with Crippen molar-refractivity contribution in [3.63, 3.8) is 0 Å². The fourth-order valence-electron chi connectivity index (χ4n) is 3.93. The van der Waals surface area contributed by atoms with Crippen molar-refractivity contribution >= 4 is 29.3 Å². The number of aryl methyl sites for hydroxylation is 1. The van der Waals surface area contributed by atoms with Crippen LogP contribution in [0.2, 0.25) is 0 Å². The minimum atomic E-state index is -5.07. The summed E-state index contributed by atoms with van der Waals surface area (Å²) in [5.74, 6) is -1.05. The van der Waals surface area contributed by atoms with Crippen LogP contribution in [0.4, 0.5) is 29.3 Å². The highest BCUT2D eigenvalue weighted by Gasteiger charge is 2.44. The van der Waals surface area contributed by atoms with Crippen LogP contribution in [0, 0.1) is 24.0 Å². The van der Waals surface area contributed by atoms with Crippen molar-refractivity contribution < 1.29 is 37.2 Å². The number of alkyl halides is 3. The molecule has 0 saturated carbocycles. The van der Waals surface area contributed by atoms with E-state index in [1.807, 2.05) is 0 Å². The molecular formula is C21H27F3N8O6. The van der Waals surface area contributed by atoms with E-state index in [1.165, 1.54) is 15.8 Å². The van der Waals surface area contributed by atoms with Crippen LogP contribution in [0.25, 0.3) is 0 Å². The summed E-state index contributed by atoms with van der Waals surface area (Å²) in [6.45, 7) is 6.73. The lowest BCUT2D eigenvalue weighted by Gasteiger charge is -2.35. The molecule has 2 aromatic rings. The number of aromatic nitrogens is 4. The largest absolute Gasteiger partial charge is 0.450 e. The Morgan fingerprint density at radius 1 is 1.16 bits per heavy atom. The molecule has 3 amide bonds. The summed E-state index contributed by atoms with van der Waals surface area (Å²) in [7, 11) is 0. The molecule has 1 aliphatic rings. The number of nitro groups is 1. The van der Waals surface area contributed by atoms with Crippen LogP contribution in [0.15, 0.2) is 6.20 Å². The van der Waals surface area contributed by atoms with Crippen LogP contribution in [0.5, 0.6) is 0 Å². The molecule has 1 atom stereocenters. The van der Waals surface area contributed by atoms with Gasteiger partial charge in [-0.2, -0.15) is 23.4 Å². The molecule has 2 aromatic heterocycles. The Balaban J connectivity index is 1.66. The number of halogens is 3. The Kier molecular flexibility index (Phi) is 8.26. The lowest BCUT2D eigenvalue weighted by atomic mass is 10.2. The molecular weight excluding hydrogens is 517 g/mol. The number of hydrogen-bond donors (Lipinski definition) is 1. The number of carbonyl (C=O) groups is 3. The van der Waals surface area contributed by atoms with Crippen LogP contribution < -0.4 is 5.32 Å². The van der Waals surface area contributed by atoms with Gasteiger partial charge in [-0.15, -0.1) is 0 Å². The van der Waals surface area contributed by atoms with Crippen LogP contribution in [0.1, 0.15) is 37.0 Å². The summed E-state index contributed by atoms with van der Waals surface area (Å²) in [5, 5.41) is 21.1. The number of anilines is 1. The van der Waals surface area contributed by atoms with Gasteiger partial charge in [-0.25, -0.2) is 4.79 Å². The number of amides is 3.